The van der Waals surface area contributed by atoms with Crippen molar-refractivity contribution in [2.45, 2.75) is 32.6 Å². The number of anilines is 1. The summed E-state index contributed by atoms with van der Waals surface area (Å²) in [5.41, 5.74) is 0.195. The fourth-order valence-corrected chi connectivity index (χ4v) is 3.29. The van der Waals surface area contributed by atoms with Crippen LogP contribution in [0.15, 0.2) is 18.2 Å². The maximum absolute atomic E-state index is 14.1. The van der Waals surface area contributed by atoms with Crippen molar-refractivity contribution in [3.8, 4) is 5.69 Å². The Balaban J connectivity index is 1.87. The van der Waals surface area contributed by atoms with Crippen LogP contribution in [0.4, 0.5) is 10.1 Å². The Morgan fingerprint density at radius 2 is 2.21 bits per heavy atom. The third-order valence-corrected chi connectivity index (χ3v) is 5.01. The average Bonchev–Trinajstić information content (AvgIpc) is 3.26. The summed E-state index contributed by atoms with van der Waals surface area (Å²) < 4.78 is 15.7. The molecule has 1 aliphatic rings. The predicted molar refractivity (Wildman–Crippen MR) is 91.9 cm³/mol. The largest absolute Gasteiger partial charge is 0.323 e. The van der Waals surface area contributed by atoms with Gasteiger partial charge in [0.05, 0.1) is 16.8 Å². The number of nitrogens with zero attached hydrogens (tertiary/aromatic N) is 4. The Bertz CT molecular complexity index is 757. The average molecular weight is 349 g/mol. The summed E-state index contributed by atoms with van der Waals surface area (Å²) in [5.74, 6) is 1.10. The molecule has 1 N–H and O–H groups in total. The molecule has 0 unspecified atom stereocenters. The minimum atomic E-state index is -0.587. The van der Waals surface area contributed by atoms with Crippen LogP contribution in [0.3, 0.4) is 0 Å². The van der Waals surface area contributed by atoms with E-state index in [1.165, 1.54) is 6.07 Å². The summed E-state index contributed by atoms with van der Waals surface area (Å²) in [6, 6.07) is 4.51. The molecule has 0 radical (unpaired) electrons. The quantitative estimate of drug-likeness (QED) is 0.868. The summed E-state index contributed by atoms with van der Waals surface area (Å²) in [5, 5.41) is 14.5. The van der Waals surface area contributed by atoms with Gasteiger partial charge in [-0.2, -0.15) is 16.4 Å². The molecule has 0 spiro atoms. The van der Waals surface area contributed by atoms with Crippen LogP contribution >= 0.6 is 11.8 Å². The molecule has 1 aromatic heterocycles. The molecule has 8 heteroatoms. The Kier molecular flexibility index (Phi) is 4.58. The lowest BCUT2D eigenvalue weighted by atomic mass is 9.95. The Hall–Kier alpha value is -1.96. The molecule has 1 heterocycles. The van der Waals surface area contributed by atoms with Crippen LogP contribution in [0.5, 0.6) is 0 Å². The number of carbonyl (C=O) groups is 1. The molecule has 1 amide bonds. The van der Waals surface area contributed by atoms with Gasteiger partial charge in [0.1, 0.15) is 5.82 Å². The fourth-order valence-electron chi connectivity index (χ4n) is 2.43. The van der Waals surface area contributed by atoms with E-state index in [4.69, 9.17) is 0 Å². The molecule has 2 aromatic rings. The second-order valence-electron chi connectivity index (χ2n) is 6.66. The number of thioether (sulfide) groups is 1. The van der Waals surface area contributed by atoms with Crippen LogP contribution in [0, 0.1) is 11.2 Å². The molecular weight excluding hydrogens is 329 g/mol. The molecule has 24 heavy (non-hydrogen) atoms. The molecular formula is C16H20FN5OS. The second-order valence-corrected chi connectivity index (χ2v) is 7.52. The number of hydrogen-bond acceptors (Lipinski definition) is 5. The first-order valence-electron chi connectivity index (χ1n) is 7.81. The molecule has 3 rings (SSSR count). The summed E-state index contributed by atoms with van der Waals surface area (Å²) in [4.78, 5) is 12.4. The van der Waals surface area contributed by atoms with Crippen molar-refractivity contribution < 1.29 is 9.18 Å². The van der Waals surface area contributed by atoms with Gasteiger partial charge in [0.25, 0.3) is 0 Å². The third-order valence-electron chi connectivity index (χ3n) is 4.00. The summed E-state index contributed by atoms with van der Waals surface area (Å²) in [6.45, 7) is 3.68. The zero-order valence-corrected chi connectivity index (χ0v) is 14.7. The van der Waals surface area contributed by atoms with Gasteiger partial charge in [-0.05, 0) is 47.7 Å². The molecule has 0 atom stereocenters. The number of carbonyl (C=O) groups excluding carboxylic acids is 1. The van der Waals surface area contributed by atoms with Crippen LogP contribution in [0.25, 0.3) is 5.69 Å². The molecule has 0 aliphatic heterocycles. The predicted octanol–water partition coefficient (Wildman–Crippen LogP) is 3.01. The van der Waals surface area contributed by atoms with Gasteiger partial charge in [0, 0.05) is 11.7 Å². The van der Waals surface area contributed by atoms with Crippen molar-refractivity contribution in [3.63, 3.8) is 0 Å². The van der Waals surface area contributed by atoms with Crippen molar-refractivity contribution in [2.24, 2.45) is 5.41 Å². The first kappa shape index (κ1) is 16.9. The number of rotatable bonds is 6. The van der Waals surface area contributed by atoms with Crippen LogP contribution in [-0.2, 0) is 4.79 Å². The number of aromatic nitrogens is 4. The minimum Gasteiger partial charge on any atom is -0.323 e. The van der Waals surface area contributed by atoms with Gasteiger partial charge in [0.2, 0.25) is 5.91 Å². The van der Waals surface area contributed by atoms with Gasteiger partial charge >= 0.3 is 0 Å². The number of tetrazole rings is 1. The molecule has 1 aromatic carbocycles. The van der Waals surface area contributed by atoms with Crippen molar-refractivity contribution in [1.29, 1.82) is 0 Å². The van der Waals surface area contributed by atoms with Crippen LogP contribution in [-0.4, -0.2) is 38.1 Å². The maximum atomic E-state index is 14.1. The summed E-state index contributed by atoms with van der Waals surface area (Å²) in [7, 11) is 0. The molecule has 1 fully saturated rings. The third kappa shape index (κ3) is 3.43. The van der Waals surface area contributed by atoms with Gasteiger partial charge in [0.15, 0.2) is 5.82 Å². The lowest BCUT2D eigenvalue weighted by Gasteiger charge is -2.22. The van der Waals surface area contributed by atoms with Crippen molar-refractivity contribution in [3.05, 3.63) is 29.8 Å². The van der Waals surface area contributed by atoms with E-state index in [-0.39, 0.29) is 11.6 Å². The highest BCUT2D eigenvalue weighted by atomic mass is 32.2. The molecule has 128 valence electrons. The summed E-state index contributed by atoms with van der Waals surface area (Å²) >= 11 is 1.58. The van der Waals surface area contributed by atoms with E-state index in [9.17, 15) is 9.18 Å². The lowest BCUT2D eigenvalue weighted by Crippen LogP contribution is -2.33. The second kappa shape index (κ2) is 6.51. The molecule has 1 aliphatic carbocycles. The first-order chi connectivity index (χ1) is 11.4. The van der Waals surface area contributed by atoms with E-state index >= 15 is 0 Å². The standard InChI is InChI=1S/C16H20FN5OS/c1-16(2,9-24-3)15(23)18-13-8-11(6-7-12(13)17)22-14(10-4-5-10)19-20-21-22/h6-8,10H,4-5,9H2,1-3H3,(H,18,23). The van der Waals surface area contributed by atoms with E-state index in [2.05, 4.69) is 20.8 Å². The molecule has 0 bridgehead atoms. The lowest BCUT2D eigenvalue weighted by molar-refractivity contribution is -0.122. The van der Waals surface area contributed by atoms with E-state index in [0.717, 1.165) is 18.7 Å². The fraction of sp³-hybridized carbons (Fsp3) is 0.500. The summed E-state index contributed by atoms with van der Waals surface area (Å²) in [6.07, 6.45) is 4.06. The van der Waals surface area contributed by atoms with Gasteiger partial charge in [-0.1, -0.05) is 13.8 Å². The molecule has 1 saturated carbocycles. The van der Waals surface area contributed by atoms with E-state index < -0.39 is 11.2 Å². The topological polar surface area (TPSA) is 72.7 Å². The highest BCUT2D eigenvalue weighted by Gasteiger charge is 2.31. The minimum absolute atomic E-state index is 0.143. The van der Waals surface area contributed by atoms with Gasteiger partial charge in [-0.3, -0.25) is 4.79 Å². The zero-order chi connectivity index (χ0) is 17.3. The van der Waals surface area contributed by atoms with E-state index in [0.29, 0.717) is 17.4 Å². The number of halogens is 1. The van der Waals surface area contributed by atoms with Gasteiger partial charge in [-0.25, -0.2) is 4.39 Å². The Morgan fingerprint density at radius 3 is 2.88 bits per heavy atom. The van der Waals surface area contributed by atoms with Crippen LogP contribution in [0.1, 0.15) is 38.4 Å². The maximum Gasteiger partial charge on any atom is 0.230 e. The number of nitrogens with one attached hydrogen (secondary N) is 1. The van der Waals surface area contributed by atoms with E-state index in [1.807, 2.05) is 20.1 Å². The highest BCUT2D eigenvalue weighted by Crippen LogP contribution is 2.39. The highest BCUT2D eigenvalue weighted by molar-refractivity contribution is 7.98. The van der Waals surface area contributed by atoms with Crippen LogP contribution < -0.4 is 5.32 Å². The van der Waals surface area contributed by atoms with Crippen LogP contribution in [0.2, 0.25) is 0 Å². The normalized spacial score (nSPS) is 14.7. The smallest absolute Gasteiger partial charge is 0.230 e. The molecule has 6 nitrogen and oxygen atoms in total. The number of amides is 1. The number of benzene rings is 1. The monoisotopic (exact) mass is 349 g/mol. The SMILES string of the molecule is CSCC(C)(C)C(=O)Nc1cc(-n2nnnc2C2CC2)ccc1F. The number of hydrogen-bond donors (Lipinski definition) is 1. The van der Waals surface area contributed by atoms with Gasteiger partial charge in [-0.15, -0.1) is 5.10 Å². The Labute approximate surface area is 144 Å². The molecule has 0 saturated heterocycles. The first-order valence-corrected chi connectivity index (χ1v) is 9.20. The van der Waals surface area contributed by atoms with E-state index in [1.54, 1.807) is 28.6 Å². The van der Waals surface area contributed by atoms with Gasteiger partial charge < -0.3 is 5.32 Å². The van der Waals surface area contributed by atoms with Crippen molar-refractivity contribution >= 4 is 23.4 Å². The zero-order valence-electron chi connectivity index (χ0n) is 13.9. The Morgan fingerprint density at radius 1 is 1.46 bits per heavy atom. The van der Waals surface area contributed by atoms with Crippen molar-refractivity contribution in [1.82, 2.24) is 20.2 Å². The van der Waals surface area contributed by atoms with Crippen molar-refractivity contribution in [2.75, 3.05) is 17.3 Å².